The van der Waals surface area contributed by atoms with E-state index in [0.29, 0.717) is 17.4 Å². The number of halogens is 1. The highest BCUT2D eigenvalue weighted by molar-refractivity contribution is 9.10. The van der Waals surface area contributed by atoms with Crippen LogP contribution in [0.3, 0.4) is 0 Å². The Morgan fingerprint density at radius 3 is 2.28 bits per heavy atom. The van der Waals surface area contributed by atoms with Crippen LogP contribution < -0.4 is 15.4 Å². The molecule has 0 bridgehead atoms. The number of ether oxygens (including phenoxy) is 1. The Balaban J connectivity index is 1.51. The Morgan fingerprint density at radius 2 is 1.60 bits per heavy atom. The molecule has 0 radical (unpaired) electrons. The molecule has 1 amide bonds. The van der Waals surface area contributed by atoms with E-state index in [1.807, 2.05) is 42.5 Å². The summed E-state index contributed by atoms with van der Waals surface area (Å²) in [6, 6.07) is 20.2. The minimum absolute atomic E-state index is 0.0927. The van der Waals surface area contributed by atoms with Crippen LogP contribution in [-0.2, 0) is 4.79 Å². The second-order valence-corrected chi connectivity index (χ2v) is 6.00. The number of nitrogens with zero attached hydrogens (tertiary/aromatic N) is 2. The van der Waals surface area contributed by atoms with Gasteiger partial charge in [-0.1, -0.05) is 34.1 Å². The molecule has 0 aliphatic carbocycles. The standard InChI is InChI=1S/C18H15BrN4O2/c19-13-6-8-14(9-7-13)20-16-10-11-17(23-22-16)21-18(24)12-25-15-4-2-1-3-5-15/h1-11H,12H2,(H,20,22)(H,21,23,24). The van der Waals surface area contributed by atoms with Crippen molar-refractivity contribution in [1.29, 1.82) is 0 Å². The SMILES string of the molecule is O=C(COc1ccccc1)Nc1ccc(Nc2ccc(Br)cc2)nn1. The molecule has 0 saturated heterocycles. The van der Waals surface area contributed by atoms with E-state index < -0.39 is 0 Å². The van der Waals surface area contributed by atoms with Crippen LogP contribution in [0, 0.1) is 0 Å². The number of aromatic nitrogens is 2. The fraction of sp³-hybridized carbons (Fsp3) is 0.0556. The van der Waals surface area contributed by atoms with Crippen molar-refractivity contribution in [2.75, 3.05) is 17.2 Å². The predicted molar refractivity (Wildman–Crippen MR) is 100 cm³/mol. The van der Waals surface area contributed by atoms with Crippen molar-refractivity contribution in [3.63, 3.8) is 0 Å². The van der Waals surface area contributed by atoms with E-state index in [4.69, 9.17) is 4.74 Å². The number of rotatable bonds is 6. The summed E-state index contributed by atoms with van der Waals surface area (Å²) in [5, 5.41) is 13.8. The van der Waals surface area contributed by atoms with E-state index in [0.717, 1.165) is 10.2 Å². The molecule has 3 aromatic rings. The van der Waals surface area contributed by atoms with E-state index in [2.05, 4.69) is 36.8 Å². The van der Waals surface area contributed by atoms with Gasteiger partial charge in [-0.2, -0.15) is 0 Å². The molecule has 0 unspecified atom stereocenters. The number of nitrogens with one attached hydrogen (secondary N) is 2. The van der Waals surface area contributed by atoms with Gasteiger partial charge in [0.2, 0.25) is 0 Å². The lowest BCUT2D eigenvalue weighted by atomic mass is 10.3. The molecule has 0 spiro atoms. The van der Waals surface area contributed by atoms with Gasteiger partial charge < -0.3 is 15.4 Å². The summed E-state index contributed by atoms with van der Waals surface area (Å²) >= 11 is 3.38. The van der Waals surface area contributed by atoms with Crippen LogP contribution in [0.1, 0.15) is 0 Å². The van der Waals surface area contributed by atoms with Crippen LogP contribution in [0.25, 0.3) is 0 Å². The summed E-state index contributed by atoms with van der Waals surface area (Å²) in [5.74, 6) is 1.29. The molecule has 0 fully saturated rings. The molecule has 0 aliphatic heterocycles. The van der Waals surface area contributed by atoms with Gasteiger partial charge in [-0.3, -0.25) is 4.79 Å². The van der Waals surface area contributed by atoms with E-state index in [-0.39, 0.29) is 12.5 Å². The smallest absolute Gasteiger partial charge is 0.263 e. The zero-order valence-corrected chi connectivity index (χ0v) is 14.7. The molecule has 2 aromatic carbocycles. The molecule has 0 atom stereocenters. The van der Waals surface area contributed by atoms with Crippen molar-refractivity contribution in [2.45, 2.75) is 0 Å². The maximum absolute atomic E-state index is 11.9. The molecular weight excluding hydrogens is 384 g/mol. The molecule has 2 N–H and O–H groups in total. The van der Waals surface area contributed by atoms with Gasteiger partial charge in [0, 0.05) is 10.2 Å². The summed E-state index contributed by atoms with van der Waals surface area (Å²) < 4.78 is 6.38. The number of carbonyl (C=O) groups is 1. The normalized spacial score (nSPS) is 10.1. The molecule has 7 heteroatoms. The van der Waals surface area contributed by atoms with Gasteiger partial charge in [0.25, 0.3) is 5.91 Å². The maximum atomic E-state index is 11.9. The van der Waals surface area contributed by atoms with Gasteiger partial charge in [-0.05, 0) is 48.5 Å². The van der Waals surface area contributed by atoms with Crippen LogP contribution in [0.4, 0.5) is 17.3 Å². The van der Waals surface area contributed by atoms with E-state index in [9.17, 15) is 4.79 Å². The first-order chi connectivity index (χ1) is 12.2. The molecule has 6 nitrogen and oxygen atoms in total. The molecule has 3 rings (SSSR count). The van der Waals surface area contributed by atoms with Gasteiger partial charge in [-0.15, -0.1) is 10.2 Å². The summed E-state index contributed by atoms with van der Waals surface area (Å²) in [4.78, 5) is 11.9. The quantitative estimate of drug-likeness (QED) is 0.656. The van der Waals surface area contributed by atoms with Crippen molar-refractivity contribution in [2.24, 2.45) is 0 Å². The largest absolute Gasteiger partial charge is 0.484 e. The van der Waals surface area contributed by atoms with Gasteiger partial charge >= 0.3 is 0 Å². The highest BCUT2D eigenvalue weighted by Crippen LogP contribution is 2.18. The highest BCUT2D eigenvalue weighted by atomic mass is 79.9. The third-order valence-electron chi connectivity index (χ3n) is 3.16. The minimum Gasteiger partial charge on any atom is -0.484 e. The number of anilines is 3. The fourth-order valence-corrected chi connectivity index (χ4v) is 2.26. The van der Waals surface area contributed by atoms with Crippen molar-refractivity contribution >= 4 is 39.2 Å². The van der Waals surface area contributed by atoms with Gasteiger partial charge in [0.15, 0.2) is 18.2 Å². The van der Waals surface area contributed by atoms with E-state index in [1.54, 1.807) is 24.3 Å². The summed E-state index contributed by atoms with van der Waals surface area (Å²) in [5.41, 5.74) is 0.894. The number of hydrogen-bond donors (Lipinski definition) is 2. The van der Waals surface area contributed by atoms with Crippen LogP contribution in [0.15, 0.2) is 71.2 Å². The van der Waals surface area contributed by atoms with Crippen molar-refractivity contribution in [3.05, 3.63) is 71.2 Å². The van der Waals surface area contributed by atoms with Crippen LogP contribution in [0.5, 0.6) is 5.75 Å². The van der Waals surface area contributed by atoms with E-state index >= 15 is 0 Å². The molecule has 0 aliphatic rings. The minimum atomic E-state index is -0.299. The Bertz CT molecular complexity index is 824. The number of para-hydroxylation sites is 1. The zero-order valence-electron chi connectivity index (χ0n) is 13.1. The molecule has 0 saturated carbocycles. The Labute approximate surface area is 153 Å². The van der Waals surface area contributed by atoms with E-state index in [1.165, 1.54) is 0 Å². The van der Waals surface area contributed by atoms with Crippen LogP contribution in [-0.4, -0.2) is 22.7 Å². The van der Waals surface area contributed by atoms with Crippen LogP contribution in [0.2, 0.25) is 0 Å². The number of amides is 1. The third-order valence-corrected chi connectivity index (χ3v) is 3.69. The summed E-state index contributed by atoms with van der Waals surface area (Å²) in [7, 11) is 0. The first-order valence-electron chi connectivity index (χ1n) is 7.53. The number of hydrogen-bond acceptors (Lipinski definition) is 5. The Hall–Kier alpha value is -2.93. The maximum Gasteiger partial charge on any atom is 0.263 e. The summed E-state index contributed by atoms with van der Waals surface area (Å²) in [6.45, 7) is -0.0927. The average Bonchev–Trinajstić information content (AvgIpc) is 2.64. The predicted octanol–water partition coefficient (Wildman–Crippen LogP) is 4.00. The van der Waals surface area contributed by atoms with Gasteiger partial charge in [-0.25, -0.2) is 0 Å². The lowest BCUT2D eigenvalue weighted by molar-refractivity contribution is -0.118. The average molecular weight is 399 g/mol. The number of benzene rings is 2. The lowest BCUT2D eigenvalue weighted by Gasteiger charge is -2.08. The van der Waals surface area contributed by atoms with Crippen molar-refractivity contribution in [3.8, 4) is 5.75 Å². The van der Waals surface area contributed by atoms with Crippen molar-refractivity contribution < 1.29 is 9.53 Å². The number of carbonyl (C=O) groups excluding carboxylic acids is 1. The third kappa shape index (κ3) is 5.29. The van der Waals surface area contributed by atoms with Crippen molar-refractivity contribution in [1.82, 2.24) is 10.2 Å². The lowest BCUT2D eigenvalue weighted by Crippen LogP contribution is -2.21. The first kappa shape index (κ1) is 16.9. The second kappa shape index (κ2) is 8.25. The van der Waals surface area contributed by atoms with Gasteiger partial charge in [0.1, 0.15) is 5.75 Å². The van der Waals surface area contributed by atoms with Gasteiger partial charge in [0.05, 0.1) is 0 Å². The summed E-state index contributed by atoms with van der Waals surface area (Å²) in [6.07, 6.45) is 0. The fourth-order valence-electron chi connectivity index (χ4n) is 1.99. The molecule has 126 valence electrons. The molecule has 25 heavy (non-hydrogen) atoms. The Kier molecular flexibility index (Phi) is 5.58. The topological polar surface area (TPSA) is 76.1 Å². The zero-order chi connectivity index (χ0) is 17.5. The molecular formula is C18H15BrN4O2. The molecule has 1 aromatic heterocycles. The molecule has 1 heterocycles. The second-order valence-electron chi connectivity index (χ2n) is 5.09. The first-order valence-corrected chi connectivity index (χ1v) is 8.32. The monoisotopic (exact) mass is 398 g/mol. The highest BCUT2D eigenvalue weighted by Gasteiger charge is 2.05. The Morgan fingerprint density at radius 1 is 0.920 bits per heavy atom. The van der Waals surface area contributed by atoms with Crippen LogP contribution >= 0.6 is 15.9 Å².